The van der Waals surface area contributed by atoms with Gasteiger partial charge in [0.25, 0.3) is 5.91 Å². The lowest BCUT2D eigenvalue weighted by molar-refractivity contribution is -0.162. The molecule has 136 valence electrons. The Morgan fingerprint density at radius 3 is 2.50 bits per heavy atom. The Morgan fingerprint density at radius 2 is 1.92 bits per heavy atom. The molecule has 1 amide bonds. The van der Waals surface area contributed by atoms with Gasteiger partial charge in [0.05, 0.1) is 13.0 Å². The van der Waals surface area contributed by atoms with Crippen molar-refractivity contribution >= 4 is 11.9 Å². The summed E-state index contributed by atoms with van der Waals surface area (Å²) in [4.78, 5) is 28.4. The fourth-order valence-electron chi connectivity index (χ4n) is 4.24. The van der Waals surface area contributed by atoms with E-state index in [0.717, 1.165) is 45.4 Å². The largest absolute Gasteiger partial charge is 0.469 e. The molecule has 0 bridgehead atoms. The van der Waals surface area contributed by atoms with Crippen LogP contribution in [-0.2, 0) is 14.3 Å². The average Bonchev–Trinajstić information content (AvgIpc) is 2.54. The van der Waals surface area contributed by atoms with Gasteiger partial charge in [-0.3, -0.25) is 14.5 Å². The van der Waals surface area contributed by atoms with Gasteiger partial charge < -0.3 is 14.7 Å². The number of amides is 1. The van der Waals surface area contributed by atoms with E-state index in [-0.39, 0.29) is 17.8 Å². The van der Waals surface area contributed by atoms with Gasteiger partial charge in [-0.2, -0.15) is 0 Å². The van der Waals surface area contributed by atoms with Gasteiger partial charge in [0.2, 0.25) is 0 Å². The van der Waals surface area contributed by atoms with Crippen LogP contribution in [-0.4, -0.2) is 72.2 Å². The van der Waals surface area contributed by atoms with E-state index in [1.54, 1.807) is 0 Å². The number of aliphatic hydroxyl groups is 1. The minimum Gasteiger partial charge on any atom is -0.469 e. The highest BCUT2D eigenvalue weighted by atomic mass is 16.5. The van der Waals surface area contributed by atoms with Crippen molar-refractivity contribution in [1.82, 2.24) is 9.80 Å². The van der Waals surface area contributed by atoms with Crippen LogP contribution in [0.2, 0.25) is 0 Å². The van der Waals surface area contributed by atoms with Crippen LogP contribution >= 0.6 is 0 Å². The number of methoxy groups -OCH3 is 1. The maximum atomic E-state index is 12.8. The zero-order valence-corrected chi connectivity index (χ0v) is 14.7. The topological polar surface area (TPSA) is 70.1 Å². The maximum Gasteiger partial charge on any atom is 0.308 e. The van der Waals surface area contributed by atoms with Crippen molar-refractivity contribution < 1.29 is 19.4 Å². The molecule has 0 spiro atoms. The zero-order valence-electron chi connectivity index (χ0n) is 14.7. The number of likely N-dealkylation sites (tertiary alicyclic amines) is 2. The molecule has 3 aliphatic rings. The third-order valence-corrected chi connectivity index (χ3v) is 6.01. The molecule has 2 heterocycles. The van der Waals surface area contributed by atoms with Crippen LogP contribution in [0.15, 0.2) is 0 Å². The lowest BCUT2D eigenvalue weighted by Crippen LogP contribution is -2.60. The number of ether oxygens (including phenoxy) is 1. The van der Waals surface area contributed by atoms with Crippen LogP contribution in [0.3, 0.4) is 0 Å². The van der Waals surface area contributed by atoms with Crippen molar-refractivity contribution in [3.05, 3.63) is 0 Å². The highest BCUT2D eigenvalue weighted by Crippen LogP contribution is 2.31. The van der Waals surface area contributed by atoms with E-state index in [0.29, 0.717) is 18.9 Å². The third-order valence-electron chi connectivity index (χ3n) is 6.01. The Bertz CT molecular complexity index is 472. The van der Waals surface area contributed by atoms with Crippen LogP contribution < -0.4 is 0 Å². The van der Waals surface area contributed by atoms with E-state index in [2.05, 4.69) is 4.90 Å². The molecule has 3 rings (SSSR count). The Hall–Kier alpha value is -1.14. The quantitative estimate of drug-likeness (QED) is 0.758. The molecule has 24 heavy (non-hydrogen) atoms. The van der Waals surface area contributed by atoms with Gasteiger partial charge in [0.1, 0.15) is 0 Å². The second-order valence-electron chi connectivity index (χ2n) is 7.76. The van der Waals surface area contributed by atoms with Gasteiger partial charge in [-0.1, -0.05) is 6.42 Å². The maximum absolute atomic E-state index is 12.8. The molecule has 0 radical (unpaired) electrons. The van der Waals surface area contributed by atoms with Crippen molar-refractivity contribution in [2.45, 2.75) is 50.5 Å². The van der Waals surface area contributed by atoms with E-state index in [4.69, 9.17) is 4.74 Å². The number of piperidine rings is 2. The van der Waals surface area contributed by atoms with Crippen molar-refractivity contribution in [3.63, 3.8) is 0 Å². The molecule has 1 N–H and O–H groups in total. The van der Waals surface area contributed by atoms with Crippen molar-refractivity contribution in [3.8, 4) is 0 Å². The number of rotatable bonds is 5. The lowest BCUT2D eigenvalue weighted by atomic mass is 9.83. The summed E-state index contributed by atoms with van der Waals surface area (Å²) >= 11 is 0. The van der Waals surface area contributed by atoms with Crippen LogP contribution in [0, 0.1) is 11.8 Å². The Morgan fingerprint density at radius 1 is 1.21 bits per heavy atom. The summed E-state index contributed by atoms with van der Waals surface area (Å²) in [5, 5.41) is 11.0. The van der Waals surface area contributed by atoms with Gasteiger partial charge in [-0.05, 0) is 57.5 Å². The zero-order chi connectivity index (χ0) is 17.2. The molecule has 0 aromatic rings. The normalized spacial score (nSPS) is 30.2. The number of esters is 1. The molecule has 2 saturated heterocycles. The van der Waals surface area contributed by atoms with E-state index >= 15 is 0 Å². The van der Waals surface area contributed by atoms with Crippen LogP contribution in [0.25, 0.3) is 0 Å². The third kappa shape index (κ3) is 3.75. The number of carbonyl (C=O) groups is 2. The van der Waals surface area contributed by atoms with Crippen LogP contribution in [0.1, 0.15) is 44.9 Å². The highest BCUT2D eigenvalue weighted by molar-refractivity contribution is 5.86. The fraction of sp³-hybridized carbons (Fsp3) is 0.889. The fourth-order valence-corrected chi connectivity index (χ4v) is 4.24. The van der Waals surface area contributed by atoms with E-state index in [1.165, 1.54) is 26.4 Å². The number of hydrogen-bond acceptors (Lipinski definition) is 5. The summed E-state index contributed by atoms with van der Waals surface area (Å²) in [5.41, 5.74) is -1.25. The lowest BCUT2D eigenvalue weighted by Gasteiger charge is -2.43. The van der Waals surface area contributed by atoms with Crippen molar-refractivity contribution in [2.75, 3.05) is 39.8 Å². The first-order chi connectivity index (χ1) is 11.5. The van der Waals surface area contributed by atoms with Gasteiger partial charge in [-0.15, -0.1) is 0 Å². The molecule has 0 unspecified atom stereocenters. The van der Waals surface area contributed by atoms with Crippen molar-refractivity contribution in [2.24, 2.45) is 11.8 Å². The molecular formula is C18H30N2O4. The van der Waals surface area contributed by atoms with Gasteiger partial charge >= 0.3 is 5.97 Å². The second-order valence-corrected chi connectivity index (χ2v) is 7.76. The summed E-state index contributed by atoms with van der Waals surface area (Å²) in [5.74, 6) is 0.356. The molecular weight excluding hydrogens is 308 g/mol. The molecule has 6 nitrogen and oxygen atoms in total. The summed E-state index contributed by atoms with van der Waals surface area (Å²) in [6.07, 6.45) is 6.58. The first kappa shape index (κ1) is 17.7. The molecule has 0 aromatic heterocycles. The number of β-amino-alcohol motifs (C(OH)–C–C–N with tert-alkyl or cyclic N) is 1. The van der Waals surface area contributed by atoms with Gasteiger partial charge in [0.15, 0.2) is 5.60 Å². The number of hydrogen-bond donors (Lipinski definition) is 1. The Kier molecular flexibility index (Phi) is 5.45. The molecule has 1 aliphatic carbocycles. The minimum absolute atomic E-state index is 0.0435. The standard InChI is InChI=1S/C18H30N2O4/c1-24-16(21)15-6-10-19(11-7-15)13-18(23)8-3-9-20(17(18)22)12-14-4-2-5-14/h14-15,23H,2-13H2,1H3/t18-/m1/s1. The molecule has 6 heteroatoms. The SMILES string of the molecule is COC(=O)C1CCN(C[C@]2(O)CCCN(CC3CCC3)C2=O)CC1. The van der Waals surface area contributed by atoms with Crippen LogP contribution in [0.5, 0.6) is 0 Å². The minimum atomic E-state index is -1.25. The van der Waals surface area contributed by atoms with Gasteiger partial charge in [-0.25, -0.2) is 0 Å². The van der Waals surface area contributed by atoms with Gasteiger partial charge in [0, 0.05) is 19.6 Å². The summed E-state index contributed by atoms with van der Waals surface area (Å²) in [6.45, 7) is 3.45. The van der Waals surface area contributed by atoms with Crippen molar-refractivity contribution in [1.29, 1.82) is 0 Å². The predicted molar refractivity (Wildman–Crippen MR) is 89.3 cm³/mol. The summed E-state index contributed by atoms with van der Waals surface area (Å²) in [6, 6.07) is 0. The smallest absolute Gasteiger partial charge is 0.308 e. The monoisotopic (exact) mass is 338 g/mol. The second kappa shape index (κ2) is 7.40. The van der Waals surface area contributed by atoms with Crippen LogP contribution in [0.4, 0.5) is 0 Å². The Labute approximate surface area is 144 Å². The molecule has 3 fully saturated rings. The molecule has 1 saturated carbocycles. The number of nitrogens with zero attached hydrogens (tertiary/aromatic N) is 2. The summed E-state index contributed by atoms with van der Waals surface area (Å²) < 4.78 is 4.81. The van der Waals surface area contributed by atoms with E-state index < -0.39 is 5.60 Å². The molecule has 1 atom stereocenters. The van der Waals surface area contributed by atoms with E-state index in [9.17, 15) is 14.7 Å². The first-order valence-electron chi connectivity index (χ1n) is 9.34. The average molecular weight is 338 g/mol. The first-order valence-corrected chi connectivity index (χ1v) is 9.34. The molecule has 0 aromatic carbocycles. The molecule has 2 aliphatic heterocycles. The predicted octanol–water partition coefficient (Wildman–Crippen LogP) is 1.02. The summed E-state index contributed by atoms with van der Waals surface area (Å²) in [7, 11) is 1.43. The number of carbonyl (C=O) groups excluding carboxylic acids is 2. The Balaban J connectivity index is 1.53. The van der Waals surface area contributed by atoms with E-state index in [1.807, 2.05) is 4.90 Å². The highest BCUT2D eigenvalue weighted by Gasteiger charge is 2.44.